The minimum atomic E-state index is -0.376. The summed E-state index contributed by atoms with van der Waals surface area (Å²) < 4.78 is 16.4. The van der Waals surface area contributed by atoms with Crippen molar-refractivity contribution < 1.29 is 28.6 Å². The van der Waals surface area contributed by atoms with Gasteiger partial charge in [0.15, 0.2) is 23.0 Å². The van der Waals surface area contributed by atoms with Gasteiger partial charge < -0.3 is 19.0 Å². The van der Waals surface area contributed by atoms with E-state index in [1.165, 1.54) is 12.1 Å². The zero-order valence-electron chi connectivity index (χ0n) is 17.1. The van der Waals surface area contributed by atoms with Gasteiger partial charge >= 0.3 is 0 Å². The van der Waals surface area contributed by atoms with Gasteiger partial charge in [-0.1, -0.05) is 42.5 Å². The molecule has 0 amide bonds. The molecule has 0 saturated heterocycles. The molecule has 0 spiro atoms. The summed E-state index contributed by atoms with van der Waals surface area (Å²) in [7, 11) is 0. The topological polar surface area (TPSA) is 86.0 Å². The Bertz CT molecular complexity index is 1400. The summed E-state index contributed by atoms with van der Waals surface area (Å²) in [6.45, 7) is 1.93. The summed E-state index contributed by atoms with van der Waals surface area (Å²) in [5.74, 6) is 0.616. The number of benzene rings is 3. The molecule has 4 aromatic rings. The zero-order chi connectivity index (χ0) is 22.2. The van der Waals surface area contributed by atoms with E-state index in [2.05, 4.69) is 0 Å². The zero-order valence-corrected chi connectivity index (χ0v) is 17.1. The van der Waals surface area contributed by atoms with Gasteiger partial charge in [-0.15, -0.1) is 0 Å². The van der Waals surface area contributed by atoms with Crippen molar-refractivity contribution in [3.8, 4) is 17.2 Å². The fourth-order valence-electron chi connectivity index (χ4n) is 3.67. The van der Waals surface area contributed by atoms with Crippen LogP contribution in [-0.2, 0) is 0 Å². The van der Waals surface area contributed by atoms with Crippen molar-refractivity contribution in [3.05, 3.63) is 94.8 Å². The lowest BCUT2D eigenvalue weighted by Crippen LogP contribution is -2.00. The van der Waals surface area contributed by atoms with E-state index in [1.54, 1.807) is 55.5 Å². The third-order valence-corrected chi connectivity index (χ3v) is 5.39. The Balaban J connectivity index is 1.46. The summed E-state index contributed by atoms with van der Waals surface area (Å²) in [5, 5.41) is 11.0. The highest BCUT2D eigenvalue weighted by molar-refractivity contribution is 6.13. The predicted octanol–water partition coefficient (Wildman–Crippen LogP) is 5.30. The van der Waals surface area contributed by atoms with Crippen LogP contribution in [0.25, 0.3) is 17.0 Å². The summed E-state index contributed by atoms with van der Waals surface area (Å²) in [5.41, 5.74) is 2.34. The number of fused-ring (bicyclic) bond motifs is 2. The molecule has 1 aromatic heterocycles. The van der Waals surface area contributed by atoms with Crippen LogP contribution in [0.4, 0.5) is 0 Å². The van der Waals surface area contributed by atoms with Gasteiger partial charge in [0.2, 0.25) is 12.6 Å². The van der Waals surface area contributed by atoms with Crippen molar-refractivity contribution in [2.24, 2.45) is 0 Å². The van der Waals surface area contributed by atoms with Crippen molar-refractivity contribution in [1.82, 2.24) is 0 Å². The Morgan fingerprint density at radius 2 is 1.75 bits per heavy atom. The minimum absolute atomic E-state index is 0.122. The Labute approximate surface area is 183 Å². The molecule has 0 fully saturated rings. The van der Waals surface area contributed by atoms with E-state index in [0.717, 1.165) is 5.56 Å². The third kappa shape index (κ3) is 3.41. The van der Waals surface area contributed by atoms with Crippen LogP contribution in [0.2, 0.25) is 0 Å². The smallest absolute Gasteiger partial charge is 0.231 e. The van der Waals surface area contributed by atoms with Crippen molar-refractivity contribution in [2.75, 3.05) is 6.79 Å². The maximum atomic E-state index is 12.8. The first-order chi connectivity index (χ1) is 15.5. The Morgan fingerprint density at radius 3 is 2.56 bits per heavy atom. The van der Waals surface area contributed by atoms with Gasteiger partial charge in [-0.25, -0.2) is 0 Å². The second-order valence-corrected chi connectivity index (χ2v) is 7.43. The number of phenolic OH excluding ortho intramolecular Hbond substituents is 1. The van der Waals surface area contributed by atoms with Crippen LogP contribution in [0.15, 0.2) is 71.2 Å². The highest BCUT2D eigenvalue weighted by atomic mass is 16.7. The molecule has 6 nitrogen and oxygen atoms in total. The fourth-order valence-corrected chi connectivity index (χ4v) is 3.67. The van der Waals surface area contributed by atoms with Crippen LogP contribution in [0.3, 0.4) is 0 Å². The van der Waals surface area contributed by atoms with Crippen molar-refractivity contribution in [1.29, 1.82) is 0 Å². The van der Waals surface area contributed by atoms with E-state index >= 15 is 0 Å². The highest BCUT2D eigenvalue weighted by Gasteiger charge is 2.21. The van der Waals surface area contributed by atoms with Crippen molar-refractivity contribution in [3.63, 3.8) is 0 Å². The standard InChI is InChI=1S/C26H18O6/c1-15-18-12-19(20(27)9-7-16-8-10-22-24(11-16)31-14-30-22)21(28)13-23(18)32-26(15)25(29)17-5-3-2-4-6-17/h2-13,28H,14H2,1H3/b9-7+. The lowest BCUT2D eigenvalue weighted by Gasteiger charge is -2.02. The summed E-state index contributed by atoms with van der Waals surface area (Å²) in [6, 6.07) is 17.1. The second kappa shape index (κ2) is 7.74. The first-order valence-corrected chi connectivity index (χ1v) is 9.99. The second-order valence-electron chi connectivity index (χ2n) is 7.43. The number of aryl methyl sites for hydroxylation is 1. The van der Waals surface area contributed by atoms with E-state index in [1.807, 2.05) is 12.1 Å². The largest absolute Gasteiger partial charge is 0.507 e. The molecular weight excluding hydrogens is 408 g/mol. The molecule has 158 valence electrons. The van der Waals surface area contributed by atoms with Crippen LogP contribution >= 0.6 is 0 Å². The molecule has 1 aliphatic rings. The summed E-state index contributed by atoms with van der Waals surface area (Å²) >= 11 is 0. The number of carbonyl (C=O) groups excluding carboxylic acids is 2. The molecule has 1 N–H and O–H groups in total. The van der Waals surface area contributed by atoms with E-state index in [4.69, 9.17) is 13.9 Å². The third-order valence-electron chi connectivity index (χ3n) is 5.39. The SMILES string of the molecule is Cc1c(C(=O)c2ccccc2)oc2cc(O)c(C(=O)/C=C/c3ccc4c(c3)OCO4)cc12. The van der Waals surface area contributed by atoms with E-state index in [0.29, 0.717) is 33.6 Å². The van der Waals surface area contributed by atoms with E-state index < -0.39 is 0 Å². The minimum Gasteiger partial charge on any atom is -0.507 e. The number of ketones is 2. The number of aromatic hydroxyl groups is 1. The normalized spacial score (nSPS) is 12.5. The Morgan fingerprint density at radius 1 is 0.969 bits per heavy atom. The van der Waals surface area contributed by atoms with Gasteiger partial charge in [0, 0.05) is 22.6 Å². The number of furan rings is 1. The Hall–Kier alpha value is -4.32. The van der Waals surface area contributed by atoms with Gasteiger partial charge in [-0.05, 0) is 36.8 Å². The van der Waals surface area contributed by atoms with Gasteiger partial charge in [-0.2, -0.15) is 0 Å². The molecule has 0 radical (unpaired) electrons. The number of allylic oxidation sites excluding steroid dienone is 1. The molecule has 2 heterocycles. The van der Waals surface area contributed by atoms with Gasteiger partial charge in [0.1, 0.15) is 11.3 Å². The van der Waals surface area contributed by atoms with Gasteiger partial charge in [0.05, 0.1) is 5.56 Å². The highest BCUT2D eigenvalue weighted by Crippen LogP contribution is 2.34. The first kappa shape index (κ1) is 19.6. The molecule has 32 heavy (non-hydrogen) atoms. The molecule has 0 unspecified atom stereocenters. The lowest BCUT2D eigenvalue weighted by molar-refractivity contribution is 0.101. The molecule has 0 atom stereocenters. The molecular formula is C26H18O6. The first-order valence-electron chi connectivity index (χ1n) is 9.99. The molecule has 0 bridgehead atoms. The average Bonchev–Trinajstić information content (AvgIpc) is 3.40. The van der Waals surface area contributed by atoms with Gasteiger partial charge in [-0.3, -0.25) is 9.59 Å². The average molecular weight is 426 g/mol. The maximum absolute atomic E-state index is 12.8. The van der Waals surface area contributed by atoms with E-state index in [9.17, 15) is 14.7 Å². The number of hydrogen-bond acceptors (Lipinski definition) is 6. The van der Waals surface area contributed by atoms with Crippen LogP contribution in [0.5, 0.6) is 17.2 Å². The molecule has 0 aliphatic carbocycles. The number of phenols is 1. The summed E-state index contributed by atoms with van der Waals surface area (Å²) in [6.07, 6.45) is 3.02. The van der Waals surface area contributed by atoms with Crippen LogP contribution in [0.1, 0.15) is 37.6 Å². The van der Waals surface area contributed by atoms with Crippen LogP contribution in [0, 0.1) is 6.92 Å². The molecule has 6 heteroatoms. The number of ether oxygens (including phenoxy) is 2. The van der Waals surface area contributed by atoms with E-state index in [-0.39, 0.29) is 35.4 Å². The van der Waals surface area contributed by atoms with Crippen molar-refractivity contribution >= 4 is 28.6 Å². The quantitative estimate of drug-likeness (QED) is 0.344. The van der Waals surface area contributed by atoms with Crippen molar-refractivity contribution in [2.45, 2.75) is 6.92 Å². The maximum Gasteiger partial charge on any atom is 0.231 e. The molecule has 5 rings (SSSR count). The monoisotopic (exact) mass is 426 g/mol. The molecule has 3 aromatic carbocycles. The molecule has 1 aliphatic heterocycles. The molecule has 0 saturated carbocycles. The number of carbonyl (C=O) groups is 2. The Kier molecular flexibility index (Phi) is 4.75. The lowest BCUT2D eigenvalue weighted by atomic mass is 10.0. The predicted molar refractivity (Wildman–Crippen MR) is 118 cm³/mol. The van der Waals surface area contributed by atoms with Crippen LogP contribution < -0.4 is 9.47 Å². The number of hydrogen-bond donors (Lipinski definition) is 1. The van der Waals surface area contributed by atoms with Gasteiger partial charge in [0.25, 0.3) is 0 Å². The van der Waals surface area contributed by atoms with Crippen LogP contribution in [-0.4, -0.2) is 23.5 Å². The summed E-state index contributed by atoms with van der Waals surface area (Å²) in [4.78, 5) is 25.6. The fraction of sp³-hybridized carbons (Fsp3) is 0.0769. The number of rotatable bonds is 5.